The van der Waals surface area contributed by atoms with Crippen LogP contribution in [0.3, 0.4) is 0 Å². The molecule has 1 amide bonds. The van der Waals surface area contributed by atoms with Gasteiger partial charge in [0.25, 0.3) is 0 Å². The average molecular weight is 299 g/mol. The van der Waals surface area contributed by atoms with Crippen molar-refractivity contribution in [2.75, 3.05) is 59.1 Å². The standard InChI is InChI=1S/C15H29N3O3/c1-13-10-17(4-9-21-13)11-14(19)16-12-15(2,3)18-5-7-20-8-6-18/h13H,4-12H2,1-3H3,(H,16,19)/t13-/m1/s1. The first kappa shape index (κ1) is 16.7. The summed E-state index contributed by atoms with van der Waals surface area (Å²) in [7, 11) is 0. The maximum absolute atomic E-state index is 12.1. The Morgan fingerprint density at radius 2 is 1.95 bits per heavy atom. The van der Waals surface area contributed by atoms with Crippen molar-refractivity contribution in [1.29, 1.82) is 0 Å². The first-order valence-electron chi connectivity index (χ1n) is 7.91. The second-order valence-corrected chi connectivity index (χ2v) is 6.61. The second kappa shape index (κ2) is 7.54. The van der Waals surface area contributed by atoms with Gasteiger partial charge in [0.05, 0.1) is 32.5 Å². The molecule has 6 heteroatoms. The molecule has 0 aromatic rings. The molecule has 2 heterocycles. The van der Waals surface area contributed by atoms with E-state index < -0.39 is 0 Å². The maximum atomic E-state index is 12.1. The third kappa shape index (κ3) is 5.21. The number of carbonyl (C=O) groups is 1. The van der Waals surface area contributed by atoms with Gasteiger partial charge in [-0.25, -0.2) is 0 Å². The van der Waals surface area contributed by atoms with Gasteiger partial charge in [-0.05, 0) is 20.8 Å². The van der Waals surface area contributed by atoms with Crippen molar-refractivity contribution in [3.63, 3.8) is 0 Å². The van der Waals surface area contributed by atoms with Crippen molar-refractivity contribution in [2.45, 2.75) is 32.4 Å². The normalized spacial score (nSPS) is 25.8. The highest BCUT2D eigenvalue weighted by Crippen LogP contribution is 2.15. The fraction of sp³-hybridized carbons (Fsp3) is 0.933. The summed E-state index contributed by atoms with van der Waals surface area (Å²) in [6.07, 6.45) is 0.219. The number of nitrogens with one attached hydrogen (secondary N) is 1. The molecule has 0 radical (unpaired) electrons. The molecule has 0 bridgehead atoms. The monoisotopic (exact) mass is 299 g/mol. The molecule has 0 saturated carbocycles. The Kier molecular flexibility index (Phi) is 5.98. The molecular formula is C15H29N3O3. The van der Waals surface area contributed by atoms with Crippen LogP contribution in [-0.4, -0.2) is 86.4 Å². The molecule has 0 aromatic carbocycles. The van der Waals surface area contributed by atoms with Gasteiger partial charge in [0.2, 0.25) is 5.91 Å². The summed E-state index contributed by atoms with van der Waals surface area (Å²) < 4.78 is 10.9. The molecular weight excluding hydrogens is 270 g/mol. The fourth-order valence-electron chi connectivity index (χ4n) is 2.89. The largest absolute Gasteiger partial charge is 0.379 e. The zero-order chi connectivity index (χ0) is 15.3. The van der Waals surface area contributed by atoms with E-state index >= 15 is 0 Å². The predicted octanol–water partition coefficient (Wildman–Crippen LogP) is -0.0659. The number of carbonyl (C=O) groups excluding carboxylic acids is 1. The summed E-state index contributed by atoms with van der Waals surface area (Å²) in [5, 5.41) is 3.08. The SMILES string of the molecule is C[C@@H]1CN(CC(=O)NCC(C)(C)N2CCOCC2)CCO1. The van der Waals surface area contributed by atoms with Gasteiger partial charge in [-0.15, -0.1) is 0 Å². The predicted molar refractivity (Wildman–Crippen MR) is 81.3 cm³/mol. The van der Waals surface area contributed by atoms with Crippen LogP contribution >= 0.6 is 0 Å². The quantitative estimate of drug-likeness (QED) is 0.770. The molecule has 6 nitrogen and oxygen atoms in total. The summed E-state index contributed by atoms with van der Waals surface area (Å²) in [6, 6.07) is 0. The molecule has 2 fully saturated rings. The smallest absolute Gasteiger partial charge is 0.234 e. The van der Waals surface area contributed by atoms with Crippen LogP contribution in [0.5, 0.6) is 0 Å². The van der Waals surface area contributed by atoms with Crippen LogP contribution in [0.2, 0.25) is 0 Å². The van der Waals surface area contributed by atoms with Crippen molar-refractivity contribution in [3.8, 4) is 0 Å². The van der Waals surface area contributed by atoms with E-state index in [9.17, 15) is 4.79 Å². The summed E-state index contributed by atoms with van der Waals surface area (Å²) in [6.45, 7) is 13.4. The highest BCUT2D eigenvalue weighted by Gasteiger charge is 2.29. The van der Waals surface area contributed by atoms with Crippen LogP contribution in [0.25, 0.3) is 0 Å². The molecule has 2 rings (SSSR count). The van der Waals surface area contributed by atoms with E-state index in [0.29, 0.717) is 19.7 Å². The second-order valence-electron chi connectivity index (χ2n) is 6.61. The van der Waals surface area contributed by atoms with Crippen LogP contribution in [-0.2, 0) is 14.3 Å². The molecule has 0 unspecified atom stereocenters. The van der Waals surface area contributed by atoms with Crippen molar-refractivity contribution in [1.82, 2.24) is 15.1 Å². The Balaban J connectivity index is 1.72. The Morgan fingerprint density at radius 3 is 2.62 bits per heavy atom. The zero-order valence-electron chi connectivity index (χ0n) is 13.6. The minimum Gasteiger partial charge on any atom is -0.379 e. The summed E-state index contributed by atoms with van der Waals surface area (Å²) in [4.78, 5) is 16.7. The minimum absolute atomic E-state index is 0.0300. The van der Waals surface area contributed by atoms with Gasteiger partial charge < -0.3 is 14.8 Å². The van der Waals surface area contributed by atoms with Gasteiger partial charge in [0.1, 0.15) is 0 Å². The average Bonchev–Trinajstić information content (AvgIpc) is 2.46. The van der Waals surface area contributed by atoms with Gasteiger partial charge >= 0.3 is 0 Å². The lowest BCUT2D eigenvalue weighted by Gasteiger charge is -2.41. The maximum Gasteiger partial charge on any atom is 0.234 e. The van der Waals surface area contributed by atoms with Crippen molar-refractivity contribution in [3.05, 3.63) is 0 Å². The van der Waals surface area contributed by atoms with Crippen LogP contribution in [0.1, 0.15) is 20.8 Å². The number of rotatable bonds is 5. The minimum atomic E-state index is -0.0300. The molecule has 1 atom stereocenters. The van der Waals surface area contributed by atoms with Gasteiger partial charge in [0.15, 0.2) is 0 Å². The molecule has 2 aliphatic rings. The number of nitrogens with zero attached hydrogens (tertiary/aromatic N) is 2. The van der Waals surface area contributed by atoms with Crippen molar-refractivity contribution in [2.24, 2.45) is 0 Å². The van der Waals surface area contributed by atoms with E-state index in [1.54, 1.807) is 0 Å². The third-order valence-corrected chi connectivity index (χ3v) is 4.28. The number of morpholine rings is 2. The third-order valence-electron chi connectivity index (χ3n) is 4.28. The van der Waals surface area contributed by atoms with Gasteiger partial charge in [-0.1, -0.05) is 0 Å². The molecule has 0 spiro atoms. The highest BCUT2D eigenvalue weighted by molar-refractivity contribution is 5.78. The number of hydrogen-bond donors (Lipinski definition) is 1. The lowest BCUT2D eigenvalue weighted by molar-refractivity contribution is -0.124. The van der Waals surface area contributed by atoms with E-state index in [2.05, 4.69) is 29.0 Å². The van der Waals surface area contributed by atoms with Crippen molar-refractivity contribution < 1.29 is 14.3 Å². The van der Waals surface area contributed by atoms with Crippen LogP contribution in [0.4, 0.5) is 0 Å². The van der Waals surface area contributed by atoms with E-state index in [1.807, 2.05) is 6.92 Å². The van der Waals surface area contributed by atoms with Gasteiger partial charge in [-0.2, -0.15) is 0 Å². The molecule has 1 N–H and O–H groups in total. The Morgan fingerprint density at radius 1 is 1.24 bits per heavy atom. The van der Waals surface area contributed by atoms with E-state index in [-0.39, 0.29) is 17.6 Å². The Bertz CT molecular complexity index is 343. The summed E-state index contributed by atoms with van der Waals surface area (Å²) in [5.41, 5.74) is -0.0300. The molecule has 0 aromatic heterocycles. The summed E-state index contributed by atoms with van der Waals surface area (Å²) in [5.74, 6) is 0.102. The zero-order valence-corrected chi connectivity index (χ0v) is 13.6. The summed E-state index contributed by atoms with van der Waals surface area (Å²) >= 11 is 0. The first-order valence-corrected chi connectivity index (χ1v) is 7.91. The van der Waals surface area contributed by atoms with Gasteiger partial charge in [-0.3, -0.25) is 14.6 Å². The Labute approximate surface area is 127 Å². The number of amides is 1. The number of hydrogen-bond acceptors (Lipinski definition) is 5. The lowest BCUT2D eigenvalue weighted by atomic mass is 10.0. The van der Waals surface area contributed by atoms with Crippen LogP contribution in [0.15, 0.2) is 0 Å². The van der Waals surface area contributed by atoms with E-state index in [4.69, 9.17) is 9.47 Å². The topological polar surface area (TPSA) is 54.0 Å². The molecule has 122 valence electrons. The molecule has 2 aliphatic heterocycles. The fourth-order valence-corrected chi connectivity index (χ4v) is 2.89. The highest BCUT2D eigenvalue weighted by atomic mass is 16.5. The first-order chi connectivity index (χ1) is 9.97. The van der Waals surface area contributed by atoms with Crippen molar-refractivity contribution >= 4 is 5.91 Å². The van der Waals surface area contributed by atoms with Gasteiger partial charge in [0, 0.05) is 38.3 Å². The molecule has 2 saturated heterocycles. The lowest BCUT2D eigenvalue weighted by Crippen LogP contribution is -2.56. The van der Waals surface area contributed by atoms with E-state index in [0.717, 1.165) is 39.4 Å². The Hall–Kier alpha value is -0.690. The van der Waals surface area contributed by atoms with E-state index in [1.165, 1.54) is 0 Å². The molecule has 0 aliphatic carbocycles. The number of ether oxygens (including phenoxy) is 2. The molecule has 21 heavy (non-hydrogen) atoms. The van der Waals surface area contributed by atoms with Crippen LogP contribution in [0, 0.1) is 0 Å². The van der Waals surface area contributed by atoms with Crippen LogP contribution < -0.4 is 5.32 Å².